The number of rotatable bonds is 3. The molecule has 0 aliphatic carbocycles. The van der Waals surface area contributed by atoms with Crippen LogP contribution in [0.5, 0.6) is 0 Å². The zero-order chi connectivity index (χ0) is 14.7. The first-order chi connectivity index (χ1) is 10.3. The molecule has 0 saturated carbocycles. The molecule has 2 aliphatic rings. The van der Waals surface area contributed by atoms with Crippen molar-refractivity contribution < 1.29 is 14.9 Å². The van der Waals surface area contributed by atoms with Crippen molar-refractivity contribution >= 4 is 11.3 Å². The summed E-state index contributed by atoms with van der Waals surface area (Å²) in [7, 11) is 0. The topological polar surface area (TPSA) is 52.9 Å². The average Bonchev–Trinajstić information content (AvgIpc) is 3.09. The van der Waals surface area contributed by atoms with Gasteiger partial charge in [0.25, 0.3) is 0 Å². The van der Waals surface area contributed by atoms with Crippen molar-refractivity contribution in [3.05, 3.63) is 21.9 Å². The Labute approximate surface area is 129 Å². The van der Waals surface area contributed by atoms with Gasteiger partial charge in [-0.3, -0.25) is 4.90 Å². The van der Waals surface area contributed by atoms with Gasteiger partial charge in [-0.1, -0.05) is 11.8 Å². The van der Waals surface area contributed by atoms with Crippen molar-refractivity contribution in [3.63, 3.8) is 0 Å². The van der Waals surface area contributed by atoms with Gasteiger partial charge in [0.15, 0.2) is 0 Å². The van der Waals surface area contributed by atoms with E-state index in [1.54, 1.807) is 11.3 Å². The second-order valence-electron chi connectivity index (χ2n) is 5.97. The lowest BCUT2D eigenvalue weighted by atomic mass is 9.75. The third-order valence-electron chi connectivity index (χ3n) is 4.61. The largest absolute Gasteiger partial charge is 0.396 e. The summed E-state index contributed by atoms with van der Waals surface area (Å²) < 4.78 is 5.58. The smallest absolute Gasteiger partial charge is 0.104 e. The highest BCUT2D eigenvalue weighted by Gasteiger charge is 2.47. The number of fused-ring (bicyclic) bond motifs is 1. The van der Waals surface area contributed by atoms with Crippen LogP contribution in [0.1, 0.15) is 16.9 Å². The highest BCUT2D eigenvalue weighted by Crippen LogP contribution is 2.42. The molecule has 21 heavy (non-hydrogen) atoms. The van der Waals surface area contributed by atoms with Gasteiger partial charge in [-0.25, -0.2) is 0 Å². The van der Waals surface area contributed by atoms with Crippen molar-refractivity contribution in [2.45, 2.75) is 13.0 Å². The predicted molar refractivity (Wildman–Crippen MR) is 82.0 cm³/mol. The molecule has 0 aromatic carbocycles. The molecule has 2 fully saturated rings. The summed E-state index contributed by atoms with van der Waals surface area (Å²) in [4.78, 5) is 3.70. The third-order valence-corrected chi connectivity index (χ3v) is 5.53. The van der Waals surface area contributed by atoms with Gasteiger partial charge < -0.3 is 14.9 Å². The van der Waals surface area contributed by atoms with Gasteiger partial charge in [-0.05, 0) is 12.5 Å². The molecule has 2 N–H and O–H groups in total. The molecule has 1 aromatic heterocycles. The third kappa shape index (κ3) is 3.15. The minimum Gasteiger partial charge on any atom is -0.396 e. The Morgan fingerprint density at radius 2 is 2.38 bits per heavy atom. The first kappa shape index (κ1) is 15.0. The lowest BCUT2D eigenvalue weighted by molar-refractivity contribution is -0.0417. The molecule has 2 aliphatic heterocycles. The van der Waals surface area contributed by atoms with E-state index in [1.807, 2.05) is 5.38 Å². The van der Waals surface area contributed by atoms with Crippen LogP contribution in [0.25, 0.3) is 0 Å². The Kier molecular flexibility index (Phi) is 4.63. The Hall–Kier alpha value is -0.900. The van der Waals surface area contributed by atoms with Gasteiger partial charge in [-0.15, -0.1) is 11.3 Å². The zero-order valence-electron chi connectivity index (χ0n) is 12.0. The van der Waals surface area contributed by atoms with Crippen LogP contribution < -0.4 is 0 Å². The lowest BCUT2D eigenvalue weighted by Crippen LogP contribution is -2.41. The molecule has 0 spiro atoms. The molecule has 2 saturated heterocycles. The molecule has 0 bridgehead atoms. The summed E-state index contributed by atoms with van der Waals surface area (Å²) in [6, 6.07) is 2.09. The summed E-state index contributed by atoms with van der Waals surface area (Å²) in [5.74, 6) is 6.07. The monoisotopic (exact) mass is 307 g/mol. The Morgan fingerprint density at radius 1 is 1.48 bits per heavy atom. The van der Waals surface area contributed by atoms with Crippen molar-refractivity contribution in [3.8, 4) is 11.8 Å². The number of ether oxygens (including phenoxy) is 1. The fourth-order valence-electron chi connectivity index (χ4n) is 3.43. The molecule has 3 heterocycles. The SMILES string of the molecule is OCC#Cc1csc(CN2C[C@@H]3COCC[C@]3(CO)C2)c1. The second kappa shape index (κ2) is 6.47. The van der Waals surface area contributed by atoms with Crippen LogP contribution in [0, 0.1) is 23.2 Å². The quantitative estimate of drug-likeness (QED) is 0.816. The standard InChI is InChI=1S/C16H21NO3S/c18-4-1-2-13-6-15(21-10-13)8-17-7-14-9-20-5-3-16(14,11-17)12-19/h6,10,14,18-19H,3-5,7-9,11-12H2/t14-,16-/m1/s1. The molecule has 1 aromatic rings. The van der Waals surface area contributed by atoms with Gasteiger partial charge in [0.05, 0.1) is 13.2 Å². The lowest BCUT2D eigenvalue weighted by Gasteiger charge is -2.36. The van der Waals surface area contributed by atoms with Crippen LogP contribution in [-0.2, 0) is 11.3 Å². The van der Waals surface area contributed by atoms with Crippen molar-refractivity contribution in [1.82, 2.24) is 4.90 Å². The van der Waals surface area contributed by atoms with E-state index in [4.69, 9.17) is 9.84 Å². The summed E-state index contributed by atoms with van der Waals surface area (Å²) in [5, 5.41) is 20.6. The number of nitrogens with zero attached hydrogens (tertiary/aromatic N) is 1. The summed E-state index contributed by atoms with van der Waals surface area (Å²) in [6.07, 6.45) is 0.961. The molecule has 114 valence electrons. The van der Waals surface area contributed by atoms with E-state index in [9.17, 15) is 5.11 Å². The fourth-order valence-corrected chi connectivity index (χ4v) is 4.29. The van der Waals surface area contributed by atoms with E-state index in [1.165, 1.54) is 4.88 Å². The Balaban J connectivity index is 1.65. The molecule has 3 rings (SSSR count). The van der Waals surface area contributed by atoms with E-state index in [0.29, 0.717) is 5.92 Å². The van der Waals surface area contributed by atoms with Crippen LogP contribution in [0.3, 0.4) is 0 Å². The Bertz CT molecular complexity index is 547. The van der Waals surface area contributed by atoms with Crippen LogP contribution in [0.4, 0.5) is 0 Å². The number of hydrogen-bond acceptors (Lipinski definition) is 5. The van der Waals surface area contributed by atoms with E-state index in [2.05, 4.69) is 22.8 Å². The maximum atomic E-state index is 9.82. The minimum atomic E-state index is -0.0992. The summed E-state index contributed by atoms with van der Waals surface area (Å²) in [5.41, 5.74) is 1.01. The van der Waals surface area contributed by atoms with Crippen LogP contribution in [0.15, 0.2) is 11.4 Å². The molecule has 5 heteroatoms. The molecule has 0 radical (unpaired) electrons. The highest BCUT2D eigenvalue weighted by atomic mass is 32.1. The zero-order valence-corrected chi connectivity index (χ0v) is 12.9. The minimum absolute atomic E-state index is 0.0367. The summed E-state index contributed by atoms with van der Waals surface area (Å²) >= 11 is 1.71. The maximum Gasteiger partial charge on any atom is 0.104 e. The van der Waals surface area contributed by atoms with Crippen molar-refractivity contribution in [1.29, 1.82) is 0 Å². The number of aliphatic hydroxyl groups is 2. The van der Waals surface area contributed by atoms with E-state index >= 15 is 0 Å². The van der Waals surface area contributed by atoms with E-state index in [-0.39, 0.29) is 18.6 Å². The number of thiophene rings is 1. The molecule has 2 atom stereocenters. The predicted octanol–water partition coefficient (Wildman–Crippen LogP) is 0.923. The van der Waals surface area contributed by atoms with Crippen LogP contribution in [-0.4, -0.2) is 54.6 Å². The van der Waals surface area contributed by atoms with Gasteiger partial charge in [0.2, 0.25) is 0 Å². The number of aliphatic hydroxyl groups excluding tert-OH is 2. The molecule has 0 amide bonds. The number of likely N-dealkylation sites (tertiary alicyclic amines) is 1. The van der Waals surface area contributed by atoms with Gasteiger partial charge in [0.1, 0.15) is 6.61 Å². The van der Waals surface area contributed by atoms with E-state index < -0.39 is 0 Å². The first-order valence-corrected chi connectivity index (χ1v) is 8.22. The van der Waals surface area contributed by atoms with Crippen LogP contribution in [0.2, 0.25) is 0 Å². The average molecular weight is 307 g/mol. The van der Waals surface area contributed by atoms with Gasteiger partial charge in [0, 0.05) is 53.4 Å². The highest BCUT2D eigenvalue weighted by molar-refractivity contribution is 7.10. The van der Waals surface area contributed by atoms with E-state index in [0.717, 1.165) is 44.8 Å². The molecular weight excluding hydrogens is 286 g/mol. The summed E-state index contributed by atoms with van der Waals surface area (Å²) in [6.45, 7) is 4.56. The van der Waals surface area contributed by atoms with Gasteiger partial charge in [-0.2, -0.15) is 0 Å². The normalized spacial score (nSPS) is 29.0. The molecule has 4 nitrogen and oxygen atoms in total. The maximum absolute atomic E-state index is 9.82. The molecule has 0 unspecified atom stereocenters. The number of hydrogen-bond donors (Lipinski definition) is 2. The second-order valence-corrected chi connectivity index (χ2v) is 6.97. The van der Waals surface area contributed by atoms with Crippen molar-refractivity contribution in [2.24, 2.45) is 11.3 Å². The van der Waals surface area contributed by atoms with Crippen LogP contribution >= 0.6 is 11.3 Å². The first-order valence-electron chi connectivity index (χ1n) is 7.34. The van der Waals surface area contributed by atoms with Gasteiger partial charge >= 0.3 is 0 Å². The molecular formula is C16H21NO3S. The fraction of sp³-hybridized carbons (Fsp3) is 0.625. The van der Waals surface area contributed by atoms with Crippen molar-refractivity contribution in [2.75, 3.05) is 39.5 Å². The Morgan fingerprint density at radius 3 is 3.14 bits per heavy atom.